The molecule has 5 heteroatoms. The summed E-state index contributed by atoms with van der Waals surface area (Å²) >= 11 is 0. The fourth-order valence-corrected chi connectivity index (χ4v) is 1.95. The molecule has 0 aliphatic carbocycles. The van der Waals surface area contributed by atoms with E-state index in [0.29, 0.717) is 0 Å². The van der Waals surface area contributed by atoms with E-state index in [-0.39, 0.29) is 18.3 Å². The molecule has 1 aromatic heterocycles. The number of aromatic nitrogens is 1. The fraction of sp³-hybridized carbons (Fsp3) is 0.533. The van der Waals surface area contributed by atoms with Crippen LogP contribution in [-0.4, -0.2) is 37.4 Å². The summed E-state index contributed by atoms with van der Waals surface area (Å²) in [6.07, 6.45) is 3.74. The Balaban J connectivity index is 2.10. The summed E-state index contributed by atoms with van der Waals surface area (Å²) in [5.74, 6) is 1.91. The first-order valence-electron chi connectivity index (χ1n) is 6.88. The molecule has 0 aromatic carbocycles. The molecule has 0 spiro atoms. The minimum absolute atomic E-state index is 0.305. The van der Waals surface area contributed by atoms with Crippen molar-refractivity contribution in [3.63, 3.8) is 0 Å². The summed E-state index contributed by atoms with van der Waals surface area (Å²) in [6, 6.07) is 4.01. The molecule has 2 rings (SSSR count). The molecule has 1 saturated heterocycles. The molecule has 0 amide bonds. The van der Waals surface area contributed by atoms with Crippen LogP contribution in [0.4, 0.5) is 5.69 Å². The maximum absolute atomic E-state index is 5.92. The van der Waals surface area contributed by atoms with Crippen LogP contribution in [-0.2, 0) is 9.31 Å². The van der Waals surface area contributed by atoms with E-state index in [1.807, 2.05) is 70.9 Å². The first-order chi connectivity index (χ1) is 9.21. The molecule has 0 N–H and O–H groups in total. The third kappa shape index (κ3) is 3.05. The minimum atomic E-state index is -0.329. The van der Waals surface area contributed by atoms with Gasteiger partial charge in [-0.25, -0.2) is 0 Å². The first-order valence-corrected chi connectivity index (χ1v) is 6.88. The van der Waals surface area contributed by atoms with E-state index in [9.17, 15) is 0 Å². The van der Waals surface area contributed by atoms with Gasteiger partial charge in [0.1, 0.15) is 0 Å². The van der Waals surface area contributed by atoms with Crippen LogP contribution in [0.25, 0.3) is 6.08 Å². The van der Waals surface area contributed by atoms with Crippen molar-refractivity contribution in [3.8, 4) is 0 Å². The molecule has 1 aliphatic rings. The third-order valence-electron chi connectivity index (χ3n) is 3.98. The summed E-state index contributed by atoms with van der Waals surface area (Å²) in [5.41, 5.74) is 1.40. The lowest BCUT2D eigenvalue weighted by molar-refractivity contribution is 0.00578. The second-order valence-corrected chi connectivity index (χ2v) is 6.32. The Kier molecular flexibility index (Phi) is 3.94. The van der Waals surface area contributed by atoms with Gasteiger partial charge in [0.15, 0.2) is 0 Å². The molecule has 0 bridgehead atoms. The van der Waals surface area contributed by atoms with E-state index in [1.54, 1.807) is 6.20 Å². The van der Waals surface area contributed by atoms with Crippen molar-refractivity contribution < 1.29 is 9.31 Å². The van der Waals surface area contributed by atoms with Crippen LogP contribution in [0.3, 0.4) is 0 Å². The second-order valence-electron chi connectivity index (χ2n) is 6.32. The number of hydrogen-bond acceptors (Lipinski definition) is 4. The summed E-state index contributed by atoms with van der Waals surface area (Å²) in [4.78, 5) is 6.38. The number of nitrogens with zero attached hydrogens (tertiary/aromatic N) is 2. The van der Waals surface area contributed by atoms with E-state index in [2.05, 4.69) is 4.98 Å². The molecule has 0 unspecified atom stereocenters. The number of rotatable bonds is 3. The Morgan fingerprint density at radius 2 is 1.75 bits per heavy atom. The van der Waals surface area contributed by atoms with Gasteiger partial charge >= 0.3 is 7.12 Å². The predicted molar refractivity (Wildman–Crippen MR) is 83.7 cm³/mol. The molecule has 0 atom stereocenters. The van der Waals surface area contributed by atoms with Gasteiger partial charge in [0, 0.05) is 26.0 Å². The van der Waals surface area contributed by atoms with E-state index in [0.717, 1.165) is 11.4 Å². The largest absolute Gasteiger partial charge is 0.487 e. The van der Waals surface area contributed by atoms with Gasteiger partial charge in [0.2, 0.25) is 0 Å². The third-order valence-corrected chi connectivity index (χ3v) is 3.98. The predicted octanol–water partition coefficient (Wildman–Crippen LogP) is 2.79. The summed E-state index contributed by atoms with van der Waals surface area (Å²) in [5, 5.41) is 0. The van der Waals surface area contributed by atoms with E-state index in [1.165, 1.54) is 0 Å². The Hall–Kier alpha value is -1.33. The quantitative estimate of drug-likeness (QED) is 0.794. The lowest BCUT2D eigenvalue weighted by Gasteiger charge is -2.32. The molecule has 0 saturated carbocycles. The van der Waals surface area contributed by atoms with Gasteiger partial charge in [0.05, 0.1) is 16.9 Å². The Labute approximate surface area is 121 Å². The van der Waals surface area contributed by atoms with Crippen LogP contribution in [0.5, 0.6) is 0 Å². The van der Waals surface area contributed by atoms with Crippen molar-refractivity contribution >= 4 is 18.9 Å². The van der Waals surface area contributed by atoms with E-state index >= 15 is 0 Å². The summed E-state index contributed by atoms with van der Waals surface area (Å²) < 4.78 is 11.8. The fourth-order valence-electron chi connectivity index (χ4n) is 1.95. The Morgan fingerprint density at radius 3 is 2.30 bits per heavy atom. The molecular formula is C15H23BN2O2. The Bertz CT molecular complexity index is 496. The van der Waals surface area contributed by atoms with Gasteiger partial charge in [-0.1, -0.05) is 5.98 Å². The highest BCUT2D eigenvalue weighted by molar-refractivity contribution is 6.52. The summed E-state index contributed by atoms with van der Waals surface area (Å²) in [6.45, 7) is 8.19. The van der Waals surface area contributed by atoms with Crippen molar-refractivity contribution in [2.45, 2.75) is 38.9 Å². The second kappa shape index (κ2) is 5.22. The zero-order chi connectivity index (χ0) is 15.0. The molecule has 1 aromatic rings. The number of pyridine rings is 1. The maximum atomic E-state index is 5.92. The normalized spacial score (nSPS) is 20.6. The van der Waals surface area contributed by atoms with Gasteiger partial charge in [-0.3, -0.25) is 4.98 Å². The lowest BCUT2D eigenvalue weighted by Crippen LogP contribution is -2.41. The van der Waals surface area contributed by atoms with Gasteiger partial charge in [-0.05, 0) is 45.9 Å². The van der Waals surface area contributed by atoms with Crippen LogP contribution in [0, 0.1) is 0 Å². The smallest absolute Gasteiger partial charge is 0.400 e. The van der Waals surface area contributed by atoms with Crippen molar-refractivity contribution in [1.29, 1.82) is 0 Å². The zero-order valence-corrected chi connectivity index (χ0v) is 13.2. The number of hydrogen-bond donors (Lipinski definition) is 0. The topological polar surface area (TPSA) is 34.6 Å². The van der Waals surface area contributed by atoms with E-state index in [4.69, 9.17) is 9.31 Å². The molecule has 0 radical (unpaired) electrons. The van der Waals surface area contributed by atoms with Crippen LogP contribution >= 0.6 is 0 Å². The van der Waals surface area contributed by atoms with Crippen LogP contribution < -0.4 is 4.90 Å². The highest BCUT2D eigenvalue weighted by Gasteiger charge is 2.49. The van der Waals surface area contributed by atoms with Crippen molar-refractivity contribution in [3.05, 3.63) is 30.0 Å². The van der Waals surface area contributed by atoms with Gasteiger partial charge in [-0.2, -0.15) is 0 Å². The molecule has 1 fully saturated rings. The molecule has 1 aliphatic heterocycles. The van der Waals surface area contributed by atoms with Crippen molar-refractivity contribution in [1.82, 2.24) is 4.98 Å². The molecular weight excluding hydrogens is 251 g/mol. The molecule has 4 nitrogen and oxygen atoms in total. The average Bonchev–Trinajstić information content (AvgIpc) is 2.56. The van der Waals surface area contributed by atoms with Crippen LogP contribution in [0.1, 0.15) is 33.4 Å². The van der Waals surface area contributed by atoms with Gasteiger partial charge in [0.25, 0.3) is 0 Å². The maximum Gasteiger partial charge on any atom is 0.487 e. The average molecular weight is 274 g/mol. The molecule has 20 heavy (non-hydrogen) atoms. The Morgan fingerprint density at radius 1 is 1.15 bits per heavy atom. The standard InChI is InChI=1S/C15H23BN2O2/c1-14(2)15(3,4)20-16(19-14)9-7-12-11-13(18(5)6)8-10-17-12/h7-11H,1-6H3/b9-7+. The monoisotopic (exact) mass is 274 g/mol. The van der Waals surface area contributed by atoms with E-state index < -0.39 is 0 Å². The minimum Gasteiger partial charge on any atom is -0.400 e. The summed E-state index contributed by atoms with van der Waals surface area (Å²) in [7, 11) is 3.69. The lowest BCUT2D eigenvalue weighted by atomic mass is 9.89. The van der Waals surface area contributed by atoms with Crippen LogP contribution in [0.15, 0.2) is 24.3 Å². The van der Waals surface area contributed by atoms with Crippen molar-refractivity contribution in [2.75, 3.05) is 19.0 Å². The highest BCUT2D eigenvalue weighted by Crippen LogP contribution is 2.36. The zero-order valence-electron chi connectivity index (χ0n) is 13.2. The van der Waals surface area contributed by atoms with Gasteiger partial charge < -0.3 is 14.2 Å². The molecule has 108 valence electrons. The molecule has 2 heterocycles. The first kappa shape index (κ1) is 15.1. The highest BCUT2D eigenvalue weighted by atomic mass is 16.7. The SMILES string of the molecule is CN(C)c1ccnc(/C=C/B2OC(C)(C)C(C)(C)O2)c1. The van der Waals surface area contributed by atoms with Crippen molar-refractivity contribution in [2.24, 2.45) is 0 Å². The van der Waals surface area contributed by atoms with Crippen LogP contribution in [0.2, 0.25) is 0 Å². The van der Waals surface area contributed by atoms with Gasteiger partial charge in [-0.15, -0.1) is 0 Å². The number of anilines is 1.